The average molecular weight is 1240 g/mol. The van der Waals surface area contributed by atoms with E-state index >= 15 is 0 Å². The maximum Gasteiger partial charge on any atom is 2.00 e. The number of epoxide rings is 1. The molecule has 5 aromatic rings. The molecule has 0 radical (unpaired) electrons. The van der Waals surface area contributed by atoms with Crippen LogP contribution in [0.5, 0.6) is 0 Å². The van der Waals surface area contributed by atoms with E-state index in [0.29, 0.717) is 47.6 Å². The summed E-state index contributed by atoms with van der Waals surface area (Å²) < 4.78 is 5.62. The van der Waals surface area contributed by atoms with Gasteiger partial charge in [-0.15, -0.1) is 38.2 Å². The summed E-state index contributed by atoms with van der Waals surface area (Å²) in [6.45, 7) is 32.4. The number of hydrogen-bond acceptors (Lipinski definition) is 13. The van der Waals surface area contributed by atoms with Crippen molar-refractivity contribution in [3.05, 3.63) is 206 Å². The fraction of sp³-hybridized carbons (Fsp3) is 0.322. The molecule has 4 amide bonds. The molecule has 0 spiro atoms. The number of imide groups is 2. The molecule has 0 unspecified atom stereocenters. The third-order valence-corrected chi connectivity index (χ3v) is 10.4. The van der Waals surface area contributed by atoms with Gasteiger partial charge in [-0.3, -0.25) is 35.6 Å². The molecule has 6 heterocycles. The van der Waals surface area contributed by atoms with Gasteiger partial charge in [0.2, 0.25) is 0 Å². The van der Waals surface area contributed by atoms with Gasteiger partial charge in [-0.1, -0.05) is 87.6 Å². The molecule has 3 aliphatic heterocycles. The fourth-order valence-corrected chi connectivity index (χ4v) is 6.46. The Morgan fingerprint density at radius 3 is 1.14 bits per heavy atom. The van der Waals surface area contributed by atoms with Crippen molar-refractivity contribution in [2.45, 2.75) is 111 Å². The Hall–Kier alpha value is -4.84. The van der Waals surface area contributed by atoms with Gasteiger partial charge in [-0.05, 0) is 106 Å². The van der Waals surface area contributed by atoms with E-state index in [0.717, 1.165) is 41.0 Å². The molecule has 0 saturated carbocycles. The maximum atomic E-state index is 12.3. The number of amides is 4. The van der Waals surface area contributed by atoms with Crippen LogP contribution in [0.2, 0.25) is 0 Å². The Balaban J connectivity index is -0.000000288. The molecule has 0 aliphatic carbocycles. The van der Waals surface area contributed by atoms with Crippen LogP contribution < -0.4 is 35.7 Å². The molecule has 2 aromatic carbocycles. The summed E-state index contributed by atoms with van der Waals surface area (Å²) in [4.78, 5) is 74.4. The van der Waals surface area contributed by atoms with Gasteiger partial charge in [0.1, 0.15) is 19.0 Å². The molecule has 21 heteroatoms. The van der Waals surface area contributed by atoms with Crippen molar-refractivity contribution in [2.24, 2.45) is 11.7 Å². The van der Waals surface area contributed by atoms with Gasteiger partial charge in [-0.25, -0.2) is 29.9 Å². The quantitative estimate of drug-likeness (QED) is 0.0535. The van der Waals surface area contributed by atoms with Crippen molar-refractivity contribution in [1.82, 2.24) is 39.7 Å². The summed E-state index contributed by atoms with van der Waals surface area (Å²) >= 11 is 3.19. The predicted molar refractivity (Wildman–Crippen MR) is 320 cm³/mol. The van der Waals surface area contributed by atoms with Crippen molar-refractivity contribution in [1.29, 1.82) is 0 Å². The SMILES string of the molecule is Brc1cncnc1.C=CCC(C)C.C=CC[C@@H](C)[O-].C=CC[C@H](C)N1C(=O)c2ccccc2C1=O.C[C@@H](C/C=C/c1cncnc1)N1C(=O)c2ccccc2C1=O.C[C@@H]1CO1.C[C@H](N)C/C=C/c1cncnc1.Cl.[CH-]=C.[Cl-].[Cl-].[Mg+2].[Mg+2]. The van der Waals surface area contributed by atoms with Crippen molar-refractivity contribution < 1.29 is 53.8 Å². The molecule has 3 aromatic heterocycles. The van der Waals surface area contributed by atoms with Gasteiger partial charge >= 0.3 is 46.1 Å². The van der Waals surface area contributed by atoms with Gasteiger partial charge in [0, 0.05) is 66.4 Å². The third-order valence-electron chi connectivity index (χ3n) is 9.97. The van der Waals surface area contributed by atoms with E-state index in [1.165, 1.54) is 28.8 Å². The second-order valence-electron chi connectivity index (χ2n) is 17.3. The topological polar surface area (TPSA) is 214 Å². The van der Waals surface area contributed by atoms with E-state index in [1.807, 2.05) is 51.2 Å². The summed E-state index contributed by atoms with van der Waals surface area (Å²) in [7, 11) is 0. The van der Waals surface area contributed by atoms with Gasteiger partial charge in [0.25, 0.3) is 23.6 Å². The van der Waals surface area contributed by atoms with Crippen LogP contribution in [0.15, 0.2) is 166 Å². The zero-order valence-corrected chi connectivity index (χ0v) is 53.8. The van der Waals surface area contributed by atoms with E-state index in [4.69, 9.17) is 10.5 Å². The molecule has 3 aliphatic rings. The molecule has 8 rings (SSSR count). The molecule has 2 N–H and O–H groups in total. The minimum Gasteiger partial charge on any atom is -1.00 e. The van der Waals surface area contributed by atoms with Crippen LogP contribution in [0.3, 0.4) is 0 Å². The summed E-state index contributed by atoms with van der Waals surface area (Å²) in [6.07, 6.45) is 31.8. The first kappa shape index (κ1) is 84.0. The van der Waals surface area contributed by atoms with Crippen LogP contribution >= 0.6 is 28.3 Å². The van der Waals surface area contributed by atoms with Gasteiger partial charge < -0.3 is 47.0 Å². The Labute approximate surface area is 534 Å². The molecule has 1 saturated heterocycles. The molecule has 15 nitrogen and oxygen atoms in total. The van der Waals surface area contributed by atoms with Crippen LogP contribution in [-0.4, -0.2) is 146 Å². The smallest absolute Gasteiger partial charge is 1.00 e. The molecule has 80 heavy (non-hydrogen) atoms. The molecular weight excluding hydrogens is 1170 g/mol. The van der Waals surface area contributed by atoms with Crippen molar-refractivity contribution in [3.63, 3.8) is 0 Å². The Morgan fingerprint density at radius 1 is 0.613 bits per heavy atom. The summed E-state index contributed by atoms with van der Waals surface area (Å²) in [5.41, 5.74) is 9.45. The maximum absolute atomic E-state index is 12.3. The van der Waals surface area contributed by atoms with Crippen LogP contribution in [0.4, 0.5) is 0 Å². The minimum atomic E-state index is -0.470. The first-order chi connectivity index (χ1) is 36.0. The fourth-order valence-electron chi connectivity index (χ4n) is 6.23. The van der Waals surface area contributed by atoms with Crippen molar-refractivity contribution in [3.8, 4) is 0 Å². The number of allylic oxidation sites excluding steroid dienone is 1. The summed E-state index contributed by atoms with van der Waals surface area (Å²) in [5, 5.41) is 10.1. The van der Waals surface area contributed by atoms with Crippen molar-refractivity contribution in [2.75, 3.05) is 6.61 Å². The zero-order chi connectivity index (χ0) is 56.1. The third kappa shape index (κ3) is 34.5. The van der Waals surface area contributed by atoms with E-state index in [2.05, 4.69) is 99.5 Å². The molecule has 424 valence electrons. The van der Waals surface area contributed by atoms with E-state index in [1.54, 1.807) is 105 Å². The number of ether oxygens (including phenoxy) is 1. The van der Waals surface area contributed by atoms with Crippen LogP contribution in [0.25, 0.3) is 12.2 Å². The van der Waals surface area contributed by atoms with E-state index in [9.17, 15) is 24.3 Å². The number of fused-ring (bicyclic) bond motifs is 2. The number of benzene rings is 2. The van der Waals surface area contributed by atoms with Crippen molar-refractivity contribution >= 4 is 110 Å². The molecular formula is C59H75BrCl3Mg2N9O6. The summed E-state index contributed by atoms with van der Waals surface area (Å²) in [5.74, 6) is -0.0542. The number of carbonyl (C=O) groups excluding carboxylic acids is 4. The standard InChI is InChI=1S/C17H15N3O2.C13H13NO2.C9H13N3.C6H12.C5H9O.C4H3BrN2.C3H6O.C2H3.3ClH.2Mg/c1-12(5-4-6-13-9-18-11-19-10-13)20-16(21)14-7-2-3-8-15(14)17(20)22;1-3-6-9(2)14-12(15)10-7-4-5-8-11(10)13(14)16;1-8(10)3-2-4-9-5-11-7-12-6-9;1-4-5-6(2)3;1-3-4-5(2)6;5-4-1-6-3-7-2-4;1-3-2-4-3;1-2;;;;;/h2-4,6-12H,5H2,1H3;3-5,7-9H,1,6H2,2H3;2,4-8H,3,10H2,1H3;4,6H,1,5H2,2-3H3;3,5H,1,4H2,2H3;1-3H;3H,2H2,1H3;1H,2H2;3*1H;;/q;;;;-1;;;-1;;;;2*+2/p-2/b6-4+;;4-2+;;;;;;;;;;/t12-;9-;8-;;5-;;3-;;;;;;/m000.1.1....../s1. The zero-order valence-electron chi connectivity index (χ0n) is 47.0. The number of nitrogens with two attached hydrogens (primary N) is 1. The first-order valence-corrected chi connectivity index (χ1v) is 25.2. The summed E-state index contributed by atoms with van der Waals surface area (Å²) in [6, 6.07) is 13.7. The Kier molecular flexibility index (Phi) is 52.4. The monoisotopic (exact) mass is 1240 g/mol. The number of rotatable bonds is 14. The number of hydrogen-bond donors (Lipinski definition) is 1. The van der Waals surface area contributed by atoms with Crippen LogP contribution in [0, 0.1) is 12.5 Å². The van der Waals surface area contributed by atoms with E-state index < -0.39 is 6.10 Å². The molecule has 5 atom stereocenters. The number of nitrogens with zero attached hydrogens (tertiary/aromatic N) is 8. The number of halogens is 4. The van der Waals surface area contributed by atoms with E-state index in [-0.39, 0.29) is 125 Å². The second kappa shape index (κ2) is 49.9. The normalized spacial score (nSPS) is 14.0. The predicted octanol–water partition coefficient (Wildman–Crippen LogP) is 4.49. The Bertz CT molecular complexity index is 2470. The van der Waals surface area contributed by atoms with Crippen LogP contribution in [-0.2, 0) is 4.74 Å². The molecule has 1 fully saturated rings. The minimum absolute atomic E-state index is 0. The van der Waals surface area contributed by atoms with Gasteiger partial charge in [-0.2, -0.15) is 0 Å². The second-order valence-corrected chi connectivity index (χ2v) is 18.2. The number of aromatic nitrogens is 6. The largest absolute Gasteiger partial charge is 2.00 e. The van der Waals surface area contributed by atoms with Gasteiger partial charge in [0.05, 0.1) is 39.4 Å². The molecule has 0 bridgehead atoms. The average Bonchev–Trinajstić information content (AvgIpc) is 4.09. The first-order valence-electron chi connectivity index (χ1n) is 24.4. The van der Waals surface area contributed by atoms with Crippen LogP contribution in [0.1, 0.15) is 133 Å². The van der Waals surface area contributed by atoms with Gasteiger partial charge in [0.15, 0.2) is 0 Å². The Morgan fingerprint density at radius 2 is 0.912 bits per heavy atom. The number of carbonyl (C=O) groups is 4.